The number of piperidine rings is 3. The number of nitrogens with zero attached hydrogens (tertiary/aromatic N) is 2. The summed E-state index contributed by atoms with van der Waals surface area (Å²) in [4.78, 5) is 49.8. The summed E-state index contributed by atoms with van der Waals surface area (Å²) in [6, 6.07) is 8.31. The van der Waals surface area contributed by atoms with Crippen LogP contribution in [0.3, 0.4) is 0 Å². The number of likely N-dealkylation sites (tertiary alicyclic amines) is 1. The van der Waals surface area contributed by atoms with E-state index in [1.807, 2.05) is 30.0 Å². The fourth-order valence-electron chi connectivity index (χ4n) is 5.60. The van der Waals surface area contributed by atoms with Crippen LogP contribution in [0.4, 0.5) is 0 Å². The second-order valence-electron chi connectivity index (χ2n) is 9.09. The quantitative estimate of drug-likeness (QED) is 0.688. The molecule has 8 nitrogen and oxygen atoms in total. The second-order valence-corrected chi connectivity index (χ2v) is 9.09. The fourth-order valence-corrected chi connectivity index (χ4v) is 5.60. The number of rotatable bonds is 4. The molecular weight excluding hydrogens is 410 g/mol. The molecule has 174 valence electrons. The highest BCUT2D eigenvalue weighted by Gasteiger charge is 2.49. The molecule has 32 heavy (non-hydrogen) atoms. The average Bonchev–Trinajstić information content (AvgIpc) is 2.74. The zero-order valence-corrected chi connectivity index (χ0v) is 18.8. The molecule has 0 spiro atoms. The lowest BCUT2D eigenvalue weighted by molar-refractivity contribution is -0.156. The van der Waals surface area contributed by atoms with Crippen molar-refractivity contribution in [2.75, 3.05) is 19.6 Å². The number of carboxylic acid groups (broad SMARTS) is 1. The Morgan fingerprint density at radius 2 is 1.97 bits per heavy atom. The number of hydrogen-bond donors (Lipinski definition) is 2. The lowest BCUT2D eigenvalue weighted by atomic mass is 9.72. The van der Waals surface area contributed by atoms with Gasteiger partial charge in [-0.15, -0.1) is 0 Å². The van der Waals surface area contributed by atoms with Gasteiger partial charge in [0.2, 0.25) is 17.7 Å². The van der Waals surface area contributed by atoms with Crippen molar-refractivity contribution in [2.24, 2.45) is 11.8 Å². The Bertz CT molecular complexity index is 858. The van der Waals surface area contributed by atoms with E-state index in [0.29, 0.717) is 31.8 Å². The van der Waals surface area contributed by atoms with Crippen LogP contribution >= 0.6 is 0 Å². The molecule has 8 heteroatoms. The number of nitrogens with one attached hydrogen (secondary N) is 1. The first-order valence-electron chi connectivity index (χ1n) is 11.3. The molecule has 3 saturated heterocycles. The normalized spacial score (nSPS) is 26.4. The van der Waals surface area contributed by atoms with Gasteiger partial charge in [-0.3, -0.25) is 19.2 Å². The summed E-state index contributed by atoms with van der Waals surface area (Å²) in [7, 11) is 0. The summed E-state index contributed by atoms with van der Waals surface area (Å²) in [6.07, 6.45) is 3.98. The van der Waals surface area contributed by atoms with Gasteiger partial charge in [0.05, 0.1) is 12.5 Å². The summed E-state index contributed by atoms with van der Waals surface area (Å²) < 4.78 is 0. The number of hydrogen-bond acceptors (Lipinski definition) is 4. The third kappa shape index (κ3) is 5.47. The molecular formula is C24H33N3O5. The molecule has 0 unspecified atom stereocenters. The highest BCUT2D eigenvalue weighted by atomic mass is 16.3. The van der Waals surface area contributed by atoms with Crippen molar-refractivity contribution in [2.45, 2.75) is 58.0 Å². The summed E-state index contributed by atoms with van der Waals surface area (Å²) >= 11 is 0. The average molecular weight is 444 g/mol. The fraction of sp³-hybridized carbons (Fsp3) is 0.583. The van der Waals surface area contributed by atoms with E-state index in [1.165, 1.54) is 6.92 Å². The molecule has 0 radical (unpaired) electrons. The Balaban J connectivity index is 0.000000913. The summed E-state index contributed by atoms with van der Waals surface area (Å²) in [5, 5.41) is 9.81. The molecule has 3 aliphatic heterocycles. The van der Waals surface area contributed by atoms with Crippen LogP contribution in [0.25, 0.3) is 0 Å². The van der Waals surface area contributed by atoms with Gasteiger partial charge in [-0.25, -0.2) is 0 Å². The van der Waals surface area contributed by atoms with E-state index < -0.39 is 0 Å². The Morgan fingerprint density at radius 3 is 2.66 bits per heavy atom. The van der Waals surface area contributed by atoms with Crippen LogP contribution in [0.1, 0.15) is 43.7 Å². The second kappa shape index (κ2) is 10.6. The predicted molar refractivity (Wildman–Crippen MR) is 119 cm³/mol. The molecule has 0 saturated carbocycles. The van der Waals surface area contributed by atoms with E-state index in [4.69, 9.17) is 9.90 Å². The van der Waals surface area contributed by atoms with Crippen LogP contribution in [0.5, 0.6) is 0 Å². The van der Waals surface area contributed by atoms with Gasteiger partial charge >= 0.3 is 0 Å². The van der Waals surface area contributed by atoms with Gasteiger partial charge < -0.3 is 20.2 Å². The van der Waals surface area contributed by atoms with Gasteiger partial charge in [-0.1, -0.05) is 29.8 Å². The Morgan fingerprint density at radius 1 is 1.25 bits per heavy atom. The maximum absolute atomic E-state index is 13.1. The SMILES string of the molecule is CC(=O)NC[C@H]1[C@H]2C[C@H](CN(C(=O)Cc3cccc(C)c3)C2)[C@@H]2CCCC(=O)N21.O=CO. The maximum atomic E-state index is 13.1. The molecule has 3 amide bonds. The minimum atomic E-state index is -0.250. The largest absolute Gasteiger partial charge is 0.483 e. The molecule has 3 fully saturated rings. The third-order valence-electron chi connectivity index (χ3n) is 6.85. The number of carbonyl (C=O) groups excluding carboxylic acids is 3. The molecule has 4 rings (SSSR count). The van der Waals surface area contributed by atoms with Crippen molar-refractivity contribution in [1.82, 2.24) is 15.1 Å². The highest BCUT2D eigenvalue weighted by Crippen LogP contribution is 2.41. The minimum absolute atomic E-state index is 0.0116. The van der Waals surface area contributed by atoms with E-state index in [9.17, 15) is 14.4 Å². The van der Waals surface area contributed by atoms with E-state index >= 15 is 0 Å². The maximum Gasteiger partial charge on any atom is 0.290 e. The van der Waals surface area contributed by atoms with E-state index in [1.54, 1.807) is 0 Å². The Labute approximate surface area is 188 Å². The van der Waals surface area contributed by atoms with Crippen molar-refractivity contribution in [3.8, 4) is 0 Å². The molecule has 1 aromatic rings. The number of aryl methyl sites for hydroxylation is 1. The van der Waals surface area contributed by atoms with Crippen LogP contribution in [0.2, 0.25) is 0 Å². The topological polar surface area (TPSA) is 107 Å². The zero-order chi connectivity index (χ0) is 23.3. The zero-order valence-electron chi connectivity index (χ0n) is 18.8. The first kappa shape index (κ1) is 23.8. The first-order valence-corrected chi connectivity index (χ1v) is 11.3. The predicted octanol–water partition coefficient (Wildman–Crippen LogP) is 1.60. The lowest BCUT2D eigenvalue weighted by Crippen LogP contribution is -2.67. The number of benzene rings is 1. The van der Waals surface area contributed by atoms with E-state index in [2.05, 4.69) is 16.3 Å². The molecule has 1 aromatic carbocycles. The Hall–Kier alpha value is -2.90. The number of fused-ring (bicyclic) bond motifs is 4. The smallest absolute Gasteiger partial charge is 0.290 e. The van der Waals surface area contributed by atoms with Crippen molar-refractivity contribution < 1.29 is 24.3 Å². The van der Waals surface area contributed by atoms with Crippen molar-refractivity contribution in [3.63, 3.8) is 0 Å². The number of amides is 3. The van der Waals surface area contributed by atoms with Gasteiger partial charge in [-0.2, -0.15) is 0 Å². The van der Waals surface area contributed by atoms with Crippen LogP contribution in [-0.2, 0) is 25.6 Å². The van der Waals surface area contributed by atoms with E-state index in [0.717, 1.165) is 36.9 Å². The first-order chi connectivity index (χ1) is 15.3. The number of carbonyl (C=O) groups is 4. The van der Waals surface area contributed by atoms with Crippen LogP contribution < -0.4 is 5.32 Å². The summed E-state index contributed by atoms with van der Waals surface area (Å²) in [6.45, 7) is 5.19. The molecule has 2 N–H and O–H groups in total. The molecule has 0 aromatic heterocycles. The van der Waals surface area contributed by atoms with Gasteiger partial charge in [0.15, 0.2) is 0 Å². The summed E-state index contributed by atoms with van der Waals surface area (Å²) in [5.41, 5.74) is 2.22. The van der Waals surface area contributed by atoms with Crippen LogP contribution in [0, 0.1) is 18.8 Å². The van der Waals surface area contributed by atoms with Gasteiger partial charge in [-0.05, 0) is 43.6 Å². The minimum Gasteiger partial charge on any atom is -0.483 e. The van der Waals surface area contributed by atoms with Gasteiger partial charge in [0, 0.05) is 39.0 Å². The van der Waals surface area contributed by atoms with Crippen LogP contribution in [-0.4, -0.2) is 70.8 Å². The third-order valence-corrected chi connectivity index (χ3v) is 6.85. The molecule has 3 heterocycles. The van der Waals surface area contributed by atoms with Crippen molar-refractivity contribution in [3.05, 3.63) is 35.4 Å². The molecule has 3 aliphatic rings. The highest BCUT2D eigenvalue weighted by molar-refractivity contribution is 5.80. The molecule has 4 atom stereocenters. The molecule has 0 aliphatic carbocycles. The monoisotopic (exact) mass is 443 g/mol. The lowest BCUT2D eigenvalue weighted by Gasteiger charge is -2.56. The molecule has 2 bridgehead atoms. The standard InChI is InChI=1S/C23H31N3O3.CH2O2/c1-15-5-3-6-17(9-15)10-23(29)25-13-18-11-19(14-25)21(12-24-16(2)27)26-20(18)7-4-8-22(26)28;2-1-3/h3,5-6,9,18-21H,4,7-8,10-14H2,1-2H3,(H,24,27);1H,(H,2,3)/t18-,19+,20+,21+;/m1./s1. The van der Waals surface area contributed by atoms with Gasteiger partial charge in [0.1, 0.15) is 0 Å². The van der Waals surface area contributed by atoms with Crippen molar-refractivity contribution in [1.29, 1.82) is 0 Å². The Kier molecular flexibility index (Phi) is 7.88. The van der Waals surface area contributed by atoms with Crippen molar-refractivity contribution >= 4 is 24.2 Å². The van der Waals surface area contributed by atoms with Gasteiger partial charge in [0.25, 0.3) is 6.47 Å². The summed E-state index contributed by atoms with van der Waals surface area (Å²) in [5.74, 6) is 0.870. The van der Waals surface area contributed by atoms with E-state index in [-0.39, 0.29) is 42.2 Å². The van der Waals surface area contributed by atoms with Crippen LogP contribution in [0.15, 0.2) is 24.3 Å².